The number of amides is 3. The van der Waals surface area contributed by atoms with Crippen LogP contribution < -0.4 is 21.1 Å². The lowest BCUT2D eigenvalue weighted by molar-refractivity contribution is -0.137. The van der Waals surface area contributed by atoms with Crippen LogP contribution >= 0.6 is 11.3 Å². The lowest BCUT2D eigenvalue weighted by atomic mass is 9.72. The first-order valence-corrected chi connectivity index (χ1v) is 15.8. The Kier molecular flexibility index (Phi) is 8.64. The second-order valence-corrected chi connectivity index (χ2v) is 13.0. The van der Waals surface area contributed by atoms with E-state index in [9.17, 15) is 31.9 Å². The van der Waals surface area contributed by atoms with Crippen molar-refractivity contribution in [3.8, 4) is 11.5 Å². The maximum Gasteiger partial charge on any atom is 0.416 e. The summed E-state index contributed by atoms with van der Waals surface area (Å²) in [7, 11) is 0. The molecule has 246 valence electrons. The molecule has 2 atom stereocenters. The van der Waals surface area contributed by atoms with E-state index in [1.165, 1.54) is 24.3 Å². The molecule has 1 heterocycles. The fraction of sp³-hybridized carbons (Fsp3) is 0.333. The average Bonchev–Trinajstić information content (AvgIpc) is 3.75. The van der Waals surface area contributed by atoms with Crippen molar-refractivity contribution in [3.63, 3.8) is 0 Å². The first-order valence-electron chi connectivity index (χ1n) is 14.9. The minimum atomic E-state index is -4.58. The van der Waals surface area contributed by atoms with Crippen molar-refractivity contribution in [3.05, 3.63) is 77.4 Å². The lowest BCUT2D eigenvalue weighted by Gasteiger charge is -2.32. The Morgan fingerprint density at radius 1 is 1.00 bits per heavy atom. The zero-order valence-electron chi connectivity index (χ0n) is 24.8. The van der Waals surface area contributed by atoms with Crippen LogP contribution in [0.1, 0.15) is 49.7 Å². The SMILES string of the molecule is NC(=O)C1(C2CCCC(C(=O)Nc3nc4cc(F)c(Oc5ccc(F)c(NC(=O)Cc6cccc(C(F)(F)F)c6)c5)cc4s3)C2)CC1. The van der Waals surface area contributed by atoms with E-state index in [1.54, 1.807) is 0 Å². The minimum Gasteiger partial charge on any atom is -0.454 e. The van der Waals surface area contributed by atoms with E-state index in [1.807, 2.05) is 0 Å². The van der Waals surface area contributed by atoms with Crippen LogP contribution in [0.4, 0.5) is 32.8 Å². The van der Waals surface area contributed by atoms with Crippen LogP contribution in [-0.4, -0.2) is 22.7 Å². The van der Waals surface area contributed by atoms with Crippen molar-refractivity contribution >= 4 is 50.1 Å². The number of ether oxygens (including phenoxy) is 1. The van der Waals surface area contributed by atoms with Crippen LogP contribution in [0.25, 0.3) is 10.2 Å². The number of carbonyl (C=O) groups excluding carboxylic acids is 3. The Hall–Kier alpha value is -4.59. The quantitative estimate of drug-likeness (QED) is 0.158. The number of nitrogens with zero attached hydrogens (tertiary/aromatic N) is 1. The molecule has 6 rings (SSSR count). The van der Waals surface area contributed by atoms with Gasteiger partial charge in [-0.2, -0.15) is 13.2 Å². The molecule has 3 aromatic carbocycles. The largest absolute Gasteiger partial charge is 0.454 e. The van der Waals surface area contributed by atoms with E-state index < -0.39 is 41.1 Å². The lowest BCUT2D eigenvalue weighted by Crippen LogP contribution is -2.37. The number of thiazole rings is 1. The van der Waals surface area contributed by atoms with E-state index >= 15 is 4.39 Å². The Balaban J connectivity index is 1.11. The second-order valence-electron chi connectivity index (χ2n) is 12.0. The standard InChI is InChI=1S/C33H29F5N4O4S/c34-22-8-7-21(14-24(22)40-28(43)12-17-3-1-6-20(11-17)33(36,37)38)46-26-16-27-25(15-23(26)35)41-31(47-27)42-29(44)18-4-2-5-19(13-18)32(9-10-32)30(39)45/h1,3,6-8,11,14-16,18-19H,2,4-5,9-10,12-13H2,(H2,39,45)(H,40,43)(H,41,42,44). The van der Waals surface area contributed by atoms with Crippen LogP contribution in [0.5, 0.6) is 11.5 Å². The van der Waals surface area contributed by atoms with Gasteiger partial charge in [0.05, 0.1) is 33.3 Å². The molecule has 14 heteroatoms. The number of benzene rings is 3. The minimum absolute atomic E-state index is 0.0201. The fourth-order valence-electron chi connectivity index (χ4n) is 6.22. The summed E-state index contributed by atoms with van der Waals surface area (Å²) in [6.45, 7) is 0. The van der Waals surface area contributed by atoms with E-state index in [2.05, 4.69) is 15.6 Å². The van der Waals surface area contributed by atoms with Crippen LogP contribution in [0, 0.1) is 28.9 Å². The maximum atomic E-state index is 15.0. The molecule has 3 amide bonds. The van der Waals surface area contributed by atoms with Crippen molar-refractivity contribution in [2.24, 2.45) is 23.0 Å². The molecule has 0 bridgehead atoms. The first-order chi connectivity index (χ1) is 22.3. The van der Waals surface area contributed by atoms with Crippen LogP contribution in [0.3, 0.4) is 0 Å². The number of alkyl halides is 3. The van der Waals surface area contributed by atoms with Crippen molar-refractivity contribution in [1.29, 1.82) is 0 Å². The molecule has 0 spiro atoms. The van der Waals surface area contributed by atoms with Gasteiger partial charge in [0.15, 0.2) is 16.7 Å². The molecule has 2 unspecified atom stereocenters. The van der Waals surface area contributed by atoms with Gasteiger partial charge >= 0.3 is 6.18 Å². The van der Waals surface area contributed by atoms with Crippen LogP contribution in [0.2, 0.25) is 0 Å². The van der Waals surface area contributed by atoms with Gasteiger partial charge in [-0.15, -0.1) is 0 Å². The average molecular weight is 673 g/mol. The highest BCUT2D eigenvalue weighted by atomic mass is 32.1. The van der Waals surface area contributed by atoms with E-state index in [0.717, 1.165) is 67.4 Å². The normalized spacial score (nSPS) is 18.8. The Labute approximate surface area is 269 Å². The van der Waals surface area contributed by atoms with Gasteiger partial charge in [0.2, 0.25) is 17.7 Å². The summed E-state index contributed by atoms with van der Waals surface area (Å²) < 4.78 is 74.7. The molecule has 0 saturated heterocycles. The predicted molar refractivity (Wildman–Crippen MR) is 165 cm³/mol. The molecular formula is C33H29F5N4O4S. The highest BCUT2D eigenvalue weighted by Crippen LogP contribution is 2.57. The Bertz CT molecular complexity index is 1870. The summed E-state index contributed by atoms with van der Waals surface area (Å²) in [6.07, 6.45) is -0.592. The highest BCUT2D eigenvalue weighted by molar-refractivity contribution is 7.22. The van der Waals surface area contributed by atoms with Crippen LogP contribution in [0.15, 0.2) is 54.6 Å². The number of fused-ring (bicyclic) bond motifs is 1. The van der Waals surface area contributed by atoms with Gasteiger partial charge in [-0.3, -0.25) is 14.4 Å². The molecule has 1 aromatic heterocycles. The van der Waals surface area contributed by atoms with Gasteiger partial charge in [0.25, 0.3) is 0 Å². The molecule has 2 aliphatic carbocycles. The number of nitrogens with two attached hydrogens (primary N) is 1. The van der Waals surface area contributed by atoms with Gasteiger partial charge in [-0.1, -0.05) is 36.0 Å². The monoisotopic (exact) mass is 672 g/mol. The molecule has 47 heavy (non-hydrogen) atoms. The highest BCUT2D eigenvalue weighted by Gasteiger charge is 2.55. The zero-order valence-corrected chi connectivity index (χ0v) is 25.6. The topological polar surface area (TPSA) is 123 Å². The van der Waals surface area contributed by atoms with Crippen molar-refractivity contribution < 1.29 is 41.1 Å². The molecule has 2 fully saturated rings. The molecule has 0 radical (unpaired) electrons. The molecular weight excluding hydrogens is 643 g/mol. The summed E-state index contributed by atoms with van der Waals surface area (Å²) in [4.78, 5) is 42.0. The van der Waals surface area contributed by atoms with Crippen molar-refractivity contribution in [1.82, 2.24) is 4.98 Å². The fourth-order valence-corrected chi connectivity index (χ4v) is 7.10. The zero-order chi connectivity index (χ0) is 33.5. The first kappa shape index (κ1) is 32.4. The number of rotatable bonds is 9. The maximum absolute atomic E-state index is 15.0. The number of anilines is 2. The predicted octanol–water partition coefficient (Wildman–Crippen LogP) is 7.58. The molecule has 4 N–H and O–H groups in total. The molecule has 0 aliphatic heterocycles. The van der Waals surface area contributed by atoms with Gasteiger partial charge in [0, 0.05) is 24.1 Å². The number of carbonyl (C=O) groups is 3. The molecule has 8 nitrogen and oxygen atoms in total. The Morgan fingerprint density at radius 2 is 1.79 bits per heavy atom. The third-order valence-electron chi connectivity index (χ3n) is 8.84. The van der Waals surface area contributed by atoms with E-state index in [-0.39, 0.29) is 57.0 Å². The molecule has 2 aliphatic rings. The number of primary amides is 1. The smallest absolute Gasteiger partial charge is 0.416 e. The summed E-state index contributed by atoms with van der Waals surface area (Å²) in [5, 5.41) is 5.41. The van der Waals surface area contributed by atoms with Crippen molar-refractivity contribution in [2.75, 3.05) is 10.6 Å². The summed E-state index contributed by atoms with van der Waals surface area (Å²) in [5.74, 6) is -3.37. The number of hydrogen-bond acceptors (Lipinski definition) is 6. The molecule has 2 saturated carbocycles. The number of aromatic nitrogens is 1. The third kappa shape index (κ3) is 7.07. The number of hydrogen-bond donors (Lipinski definition) is 3. The third-order valence-corrected chi connectivity index (χ3v) is 9.77. The van der Waals surface area contributed by atoms with Gasteiger partial charge in [-0.05, 0) is 61.8 Å². The van der Waals surface area contributed by atoms with E-state index in [4.69, 9.17) is 10.5 Å². The Morgan fingerprint density at radius 3 is 2.51 bits per heavy atom. The molecule has 4 aromatic rings. The van der Waals surface area contributed by atoms with E-state index in [0.29, 0.717) is 17.5 Å². The van der Waals surface area contributed by atoms with Gasteiger partial charge < -0.3 is 21.1 Å². The van der Waals surface area contributed by atoms with Gasteiger partial charge in [-0.25, -0.2) is 13.8 Å². The van der Waals surface area contributed by atoms with Gasteiger partial charge in [0.1, 0.15) is 11.6 Å². The van der Waals surface area contributed by atoms with Crippen LogP contribution in [-0.2, 0) is 27.0 Å². The summed E-state index contributed by atoms with van der Waals surface area (Å²) >= 11 is 1.11. The number of halogens is 5. The summed E-state index contributed by atoms with van der Waals surface area (Å²) in [6, 6.07) is 10.1. The van der Waals surface area contributed by atoms with Crippen molar-refractivity contribution in [2.45, 2.75) is 51.1 Å². The second kappa shape index (κ2) is 12.5. The number of nitrogens with one attached hydrogen (secondary N) is 2. The summed E-state index contributed by atoms with van der Waals surface area (Å²) in [5.41, 5.74) is 4.30.